The van der Waals surface area contributed by atoms with Gasteiger partial charge in [0.2, 0.25) is 0 Å². The summed E-state index contributed by atoms with van der Waals surface area (Å²) in [6.45, 7) is 9.41. The first-order valence-corrected chi connectivity index (χ1v) is 18.3. The van der Waals surface area contributed by atoms with Gasteiger partial charge < -0.3 is 33.5 Å². The minimum atomic E-state index is -0.120. The highest BCUT2D eigenvalue weighted by atomic mass is 16.6. The van der Waals surface area contributed by atoms with Crippen LogP contribution in [0.2, 0.25) is 0 Å². The molecule has 2 aromatic carbocycles. The lowest BCUT2D eigenvalue weighted by Gasteiger charge is -2.34. The third-order valence-corrected chi connectivity index (χ3v) is 9.08. The zero-order chi connectivity index (χ0) is 36.4. The Morgan fingerprint density at radius 3 is 1.59 bits per heavy atom. The van der Waals surface area contributed by atoms with Gasteiger partial charge in [0.1, 0.15) is 23.7 Å². The van der Waals surface area contributed by atoms with E-state index in [0.717, 1.165) is 73.0 Å². The van der Waals surface area contributed by atoms with E-state index >= 15 is 0 Å². The number of rotatable bonds is 21. The minimum absolute atomic E-state index is 0.120. The first-order valence-electron chi connectivity index (χ1n) is 18.3. The first-order chi connectivity index (χ1) is 24.9. The van der Waals surface area contributed by atoms with Crippen LogP contribution in [0.1, 0.15) is 63.5 Å². The van der Waals surface area contributed by atoms with Gasteiger partial charge in [-0.3, -0.25) is 10.2 Å². The summed E-state index contributed by atoms with van der Waals surface area (Å²) in [5.74, 6) is 1.72. The molecule has 0 aliphatic heterocycles. The van der Waals surface area contributed by atoms with Crippen molar-refractivity contribution in [1.29, 1.82) is 0 Å². The summed E-state index contributed by atoms with van der Waals surface area (Å²) in [6, 6.07) is 16.3. The average molecular weight is 705 g/mol. The number of nitrogens with one attached hydrogen (secondary N) is 2. The highest BCUT2D eigenvalue weighted by molar-refractivity contribution is 5.64. The minimum Gasteiger partial charge on any atom is -0.490 e. The van der Waals surface area contributed by atoms with E-state index in [0.29, 0.717) is 19.3 Å². The van der Waals surface area contributed by atoms with Crippen LogP contribution in [-0.2, 0) is 27.3 Å². The maximum Gasteiger partial charge on any atom is 0.145 e. The van der Waals surface area contributed by atoms with Crippen molar-refractivity contribution in [2.75, 3.05) is 61.7 Å². The van der Waals surface area contributed by atoms with Crippen molar-refractivity contribution in [3.8, 4) is 34.0 Å². The standard InChI is InChI=1S/C20H31N3O3.C20H29N3O2/c1-5-6-11-23(2)13-17-12-21-22-20(17)16-7-9-18(10-8-16)26-19(14-24-3)15-25-4;1-4-5-10-23(2)14-16-13-21-22-20(16)15-6-8-17(9-7-15)25-19-11-18(12-19)24-3/h7-10,12,19H,5-6,11,13-15H2,1-4H3,(H,21,22);6-9,13,18-19H,4-5,10-12,14H2,1-3H3,(H,21,22). The Kier molecular flexibility index (Phi) is 16.9. The van der Waals surface area contributed by atoms with Gasteiger partial charge in [-0.25, -0.2) is 0 Å². The molecule has 2 N–H and O–H groups in total. The van der Waals surface area contributed by atoms with E-state index in [1.54, 1.807) is 21.3 Å². The molecule has 2 aromatic heterocycles. The molecule has 0 saturated heterocycles. The van der Waals surface area contributed by atoms with E-state index in [-0.39, 0.29) is 12.2 Å². The second-order valence-electron chi connectivity index (χ2n) is 13.5. The molecule has 0 amide bonds. The van der Waals surface area contributed by atoms with Gasteiger partial charge in [0.15, 0.2) is 0 Å². The largest absolute Gasteiger partial charge is 0.490 e. The van der Waals surface area contributed by atoms with E-state index in [1.807, 2.05) is 36.7 Å². The molecule has 51 heavy (non-hydrogen) atoms. The van der Waals surface area contributed by atoms with Gasteiger partial charge in [0, 0.05) is 69.5 Å². The molecule has 280 valence electrons. The number of hydrogen-bond donors (Lipinski definition) is 2. The molecule has 0 bridgehead atoms. The van der Waals surface area contributed by atoms with Gasteiger partial charge in [0.05, 0.1) is 43.1 Å². The number of H-pyrrole nitrogens is 2. The number of unbranched alkanes of at least 4 members (excludes halogenated alkanes) is 2. The summed E-state index contributed by atoms with van der Waals surface area (Å²) < 4.78 is 27.5. The van der Waals surface area contributed by atoms with Crippen LogP contribution in [0.3, 0.4) is 0 Å². The number of aromatic amines is 2. The van der Waals surface area contributed by atoms with Crippen LogP contribution in [-0.4, -0.2) is 110 Å². The van der Waals surface area contributed by atoms with Gasteiger partial charge in [0.25, 0.3) is 0 Å². The van der Waals surface area contributed by atoms with Crippen molar-refractivity contribution in [3.05, 3.63) is 72.1 Å². The molecule has 0 unspecified atom stereocenters. The lowest BCUT2D eigenvalue weighted by Crippen LogP contribution is -2.38. The number of nitrogens with zero attached hydrogens (tertiary/aromatic N) is 4. The van der Waals surface area contributed by atoms with Crippen LogP contribution in [0.4, 0.5) is 0 Å². The maximum atomic E-state index is 5.98. The second-order valence-corrected chi connectivity index (χ2v) is 13.5. The summed E-state index contributed by atoms with van der Waals surface area (Å²) in [4.78, 5) is 4.67. The van der Waals surface area contributed by atoms with Crippen molar-refractivity contribution < 1.29 is 23.7 Å². The Morgan fingerprint density at radius 1 is 0.686 bits per heavy atom. The molecule has 11 nitrogen and oxygen atoms in total. The fraction of sp³-hybridized carbons (Fsp3) is 0.550. The van der Waals surface area contributed by atoms with Crippen molar-refractivity contribution in [2.45, 2.75) is 83.8 Å². The molecular formula is C40H60N6O5. The molecule has 4 aromatic rings. The number of ether oxygens (including phenoxy) is 5. The van der Waals surface area contributed by atoms with Gasteiger partial charge >= 0.3 is 0 Å². The summed E-state index contributed by atoms with van der Waals surface area (Å²) >= 11 is 0. The monoisotopic (exact) mass is 704 g/mol. The third-order valence-electron chi connectivity index (χ3n) is 9.08. The molecule has 2 heterocycles. The van der Waals surface area contributed by atoms with E-state index in [2.05, 4.69) is 82.4 Å². The number of methoxy groups -OCH3 is 3. The van der Waals surface area contributed by atoms with Gasteiger partial charge in [-0.1, -0.05) is 26.7 Å². The molecule has 0 atom stereocenters. The second kappa shape index (κ2) is 21.6. The molecule has 1 saturated carbocycles. The van der Waals surface area contributed by atoms with Crippen LogP contribution in [0.5, 0.6) is 11.5 Å². The molecule has 11 heteroatoms. The van der Waals surface area contributed by atoms with Crippen molar-refractivity contribution >= 4 is 0 Å². The van der Waals surface area contributed by atoms with Crippen LogP contribution in [0, 0.1) is 0 Å². The van der Waals surface area contributed by atoms with Crippen molar-refractivity contribution in [2.24, 2.45) is 0 Å². The fourth-order valence-corrected chi connectivity index (χ4v) is 6.04. The van der Waals surface area contributed by atoms with E-state index in [9.17, 15) is 0 Å². The molecular weight excluding hydrogens is 644 g/mol. The summed E-state index contributed by atoms with van der Waals surface area (Å²) in [6.07, 6.45) is 11.2. The van der Waals surface area contributed by atoms with Gasteiger partial charge in [-0.2, -0.15) is 10.2 Å². The molecule has 1 aliphatic rings. The fourth-order valence-electron chi connectivity index (χ4n) is 6.04. The molecule has 1 fully saturated rings. The van der Waals surface area contributed by atoms with E-state index in [4.69, 9.17) is 23.7 Å². The summed E-state index contributed by atoms with van der Waals surface area (Å²) in [5, 5.41) is 14.8. The van der Waals surface area contributed by atoms with E-state index in [1.165, 1.54) is 36.8 Å². The first kappa shape index (κ1) is 40.0. The third kappa shape index (κ3) is 12.8. The predicted octanol–water partition coefficient (Wildman–Crippen LogP) is 7.21. The zero-order valence-electron chi connectivity index (χ0n) is 31.8. The van der Waals surface area contributed by atoms with Gasteiger partial charge in [-0.15, -0.1) is 0 Å². The number of benzene rings is 2. The Hall–Kier alpha value is -3.74. The highest BCUT2D eigenvalue weighted by Crippen LogP contribution is 2.30. The van der Waals surface area contributed by atoms with Gasteiger partial charge in [-0.05, 0) is 88.6 Å². The normalized spacial score (nSPS) is 15.6. The molecule has 1 aliphatic carbocycles. The predicted molar refractivity (Wildman–Crippen MR) is 203 cm³/mol. The molecule has 5 rings (SSSR count). The van der Waals surface area contributed by atoms with Crippen LogP contribution < -0.4 is 9.47 Å². The Labute approximate surface area is 305 Å². The Bertz CT molecular complexity index is 1500. The molecule has 0 spiro atoms. The lowest BCUT2D eigenvalue weighted by atomic mass is 9.92. The molecule has 0 radical (unpaired) electrons. The van der Waals surface area contributed by atoms with Crippen LogP contribution in [0.15, 0.2) is 60.9 Å². The lowest BCUT2D eigenvalue weighted by molar-refractivity contribution is -0.0380. The SMILES string of the molecule is CCCCN(C)Cc1cn[nH]c1-c1ccc(OC(COC)COC)cc1.CCCCN(C)Cc1cn[nH]c1-c1ccc(OC2CC(OC)C2)cc1. The number of aromatic nitrogens is 4. The summed E-state index contributed by atoms with van der Waals surface area (Å²) in [5.41, 5.74) is 6.84. The average Bonchev–Trinajstić information content (AvgIpc) is 3.78. The smallest absolute Gasteiger partial charge is 0.145 e. The summed E-state index contributed by atoms with van der Waals surface area (Å²) in [7, 11) is 9.39. The Balaban J connectivity index is 0.000000229. The zero-order valence-corrected chi connectivity index (χ0v) is 31.8. The quantitative estimate of drug-likeness (QED) is 0.0930. The number of hydrogen-bond acceptors (Lipinski definition) is 9. The van der Waals surface area contributed by atoms with E-state index < -0.39 is 0 Å². The van der Waals surface area contributed by atoms with Crippen LogP contribution >= 0.6 is 0 Å². The maximum absolute atomic E-state index is 5.98. The highest BCUT2D eigenvalue weighted by Gasteiger charge is 2.30. The topological polar surface area (TPSA) is 110 Å². The Morgan fingerprint density at radius 2 is 1.16 bits per heavy atom. The van der Waals surface area contributed by atoms with Crippen LogP contribution in [0.25, 0.3) is 22.5 Å². The van der Waals surface area contributed by atoms with Crippen molar-refractivity contribution in [3.63, 3.8) is 0 Å². The van der Waals surface area contributed by atoms with Crippen molar-refractivity contribution in [1.82, 2.24) is 30.2 Å².